The molecule has 3 N–H and O–H groups in total. The van der Waals surface area contributed by atoms with Gasteiger partial charge in [0.2, 0.25) is 0 Å². The van der Waals surface area contributed by atoms with Crippen molar-refractivity contribution >= 4 is 16.9 Å². The molecule has 7 heteroatoms. The van der Waals surface area contributed by atoms with Gasteiger partial charge in [0.25, 0.3) is 0 Å². The predicted molar refractivity (Wildman–Crippen MR) is 129 cm³/mol. The van der Waals surface area contributed by atoms with Crippen molar-refractivity contribution in [1.82, 2.24) is 19.9 Å². The summed E-state index contributed by atoms with van der Waals surface area (Å²) in [7, 11) is 2.18. The molecule has 2 aromatic carbocycles. The third-order valence-corrected chi connectivity index (χ3v) is 5.96. The molecule has 3 heterocycles. The van der Waals surface area contributed by atoms with Crippen molar-refractivity contribution < 1.29 is 4.74 Å². The molecule has 0 saturated carbocycles. The summed E-state index contributed by atoms with van der Waals surface area (Å²) in [6, 6.07) is 16.6. The first-order valence-electron chi connectivity index (χ1n) is 11.0. The second kappa shape index (κ2) is 8.98. The SMILES string of the molecule is CN1CCN(c2ccc(-c3cnc4[nH]cc(-c5ccc(OCCN)cc5)c4n3)cc2)CC1. The maximum absolute atomic E-state index is 5.58. The molecule has 0 atom stereocenters. The highest BCUT2D eigenvalue weighted by atomic mass is 16.5. The number of benzene rings is 2. The fourth-order valence-corrected chi connectivity index (χ4v) is 4.07. The Morgan fingerprint density at radius 1 is 0.969 bits per heavy atom. The van der Waals surface area contributed by atoms with Crippen molar-refractivity contribution in [3.63, 3.8) is 0 Å². The van der Waals surface area contributed by atoms with Crippen LogP contribution in [-0.4, -0.2) is 66.2 Å². The van der Waals surface area contributed by atoms with Gasteiger partial charge in [0.1, 0.15) is 17.9 Å². The first-order chi connectivity index (χ1) is 15.7. The van der Waals surface area contributed by atoms with Crippen LogP contribution in [0.15, 0.2) is 60.9 Å². The van der Waals surface area contributed by atoms with Crippen molar-refractivity contribution in [2.45, 2.75) is 0 Å². The van der Waals surface area contributed by atoms with Crippen LogP contribution in [-0.2, 0) is 0 Å². The minimum absolute atomic E-state index is 0.499. The van der Waals surface area contributed by atoms with Gasteiger partial charge in [-0.2, -0.15) is 0 Å². The summed E-state index contributed by atoms with van der Waals surface area (Å²) in [5, 5.41) is 0. The number of ether oxygens (including phenoxy) is 1. The second-order valence-electron chi connectivity index (χ2n) is 8.15. The first-order valence-corrected chi connectivity index (χ1v) is 11.0. The van der Waals surface area contributed by atoms with E-state index in [-0.39, 0.29) is 0 Å². The zero-order valence-electron chi connectivity index (χ0n) is 18.3. The Morgan fingerprint density at radius 2 is 1.69 bits per heavy atom. The zero-order chi connectivity index (χ0) is 21.9. The number of nitrogens with one attached hydrogen (secondary N) is 1. The molecule has 1 saturated heterocycles. The summed E-state index contributed by atoms with van der Waals surface area (Å²) >= 11 is 0. The van der Waals surface area contributed by atoms with Crippen LogP contribution in [0.1, 0.15) is 0 Å². The fraction of sp³-hybridized carbons (Fsp3) is 0.280. The van der Waals surface area contributed by atoms with E-state index in [1.807, 2.05) is 36.7 Å². The minimum atomic E-state index is 0.499. The number of likely N-dealkylation sites (N-methyl/N-ethyl adjacent to an activating group) is 1. The quantitative estimate of drug-likeness (QED) is 0.490. The van der Waals surface area contributed by atoms with Gasteiger partial charge in [0.15, 0.2) is 5.65 Å². The van der Waals surface area contributed by atoms with E-state index < -0.39 is 0 Å². The average molecular weight is 429 g/mol. The van der Waals surface area contributed by atoms with Crippen LogP contribution in [0.2, 0.25) is 0 Å². The number of hydrogen-bond donors (Lipinski definition) is 2. The van der Waals surface area contributed by atoms with E-state index in [2.05, 4.69) is 51.1 Å². The molecule has 5 rings (SSSR count). The molecule has 0 aliphatic carbocycles. The molecule has 0 bridgehead atoms. The van der Waals surface area contributed by atoms with E-state index in [0.717, 1.165) is 65.5 Å². The van der Waals surface area contributed by atoms with E-state index in [0.29, 0.717) is 13.2 Å². The van der Waals surface area contributed by atoms with Gasteiger partial charge in [-0.05, 0) is 36.9 Å². The molecule has 4 aromatic rings. The van der Waals surface area contributed by atoms with Crippen molar-refractivity contribution in [3.05, 3.63) is 60.9 Å². The predicted octanol–water partition coefficient (Wildman–Crippen LogP) is 3.38. The number of nitrogens with two attached hydrogens (primary N) is 1. The van der Waals surface area contributed by atoms with Gasteiger partial charge in [-0.25, -0.2) is 9.97 Å². The molecule has 1 fully saturated rings. The molecule has 7 nitrogen and oxygen atoms in total. The van der Waals surface area contributed by atoms with Crippen LogP contribution in [0.25, 0.3) is 33.5 Å². The Morgan fingerprint density at radius 3 is 2.41 bits per heavy atom. The van der Waals surface area contributed by atoms with Gasteiger partial charge in [-0.3, -0.25) is 0 Å². The molecule has 1 aliphatic rings. The van der Waals surface area contributed by atoms with Crippen LogP contribution in [0, 0.1) is 0 Å². The molecule has 32 heavy (non-hydrogen) atoms. The number of rotatable bonds is 6. The summed E-state index contributed by atoms with van der Waals surface area (Å²) in [5.41, 5.74) is 12.4. The lowest BCUT2D eigenvalue weighted by molar-refractivity contribution is 0.313. The number of nitrogens with zero attached hydrogens (tertiary/aromatic N) is 4. The Labute approximate surface area is 187 Å². The summed E-state index contributed by atoms with van der Waals surface area (Å²) < 4.78 is 5.58. The van der Waals surface area contributed by atoms with Crippen molar-refractivity contribution in [1.29, 1.82) is 0 Å². The van der Waals surface area contributed by atoms with Gasteiger partial charge in [0.05, 0.1) is 11.9 Å². The van der Waals surface area contributed by atoms with Gasteiger partial charge in [-0.15, -0.1) is 0 Å². The molecule has 1 aliphatic heterocycles. The topological polar surface area (TPSA) is 83.3 Å². The monoisotopic (exact) mass is 428 g/mol. The summed E-state index contributed by atoms with van der Waals surface area (Å²) in [4.78, 5) is 17.6. The van der Waals surface area contributed by atoms with E-state index in [9.17, 15) is 0 Å². The second-order valence-corrected chi connectivity index (χ2v) is 8.15. The molecule has 0 spiro atoms. The Balaban J connectivity index is 1.40. The molecule has 0 unspecified atom stereocenters. The summed E-state index contributed by atoms with van der Waals surface area (Å²) in [6.07, 6.45) is 3.79. The van der Waals surface area contributed by atoms with Crippen molar-refractivity contribution in [2.24, 2.45) is 5.73 Å². The number of piperazine rings is 1. The number of fused-ring (bicyclic) bond motifs is 1. The smallest absolute Gasteiger partial charge is 0.156 e. The zero-order valence-corrected chi connectivity index (χ0v) is 18.3. The first kappa shape index (κ1) is 20.5. The van der Waals surface area contributed by atoms with E-state index in [1.165, 1.54) is 5.69 Å². The molecule has 0 amide bonds. The van der Waals surface area contributed by atoms with Gasteiger partial charge in [0, 0.05) is 55.7 Å². The van der Waals surface area contributed by atoms with Crippen LogP contribution >= 0.6 is 0 Å². The number of hydrogen-bond acceptors (Lipinski definition) is 6. The lowest BCUT2D eigenvalue weighted by Crippen LogP contribution is -2.44. The van der Waals surface area contributed by atoms with Crippen LogP contribution in [0.4, 0.5) is 5.69 Å². The number of aromatic amines is 1. The van der Waals surface area contributed by atoms with Gasteiger partial charge in [-0.1, -0.05) is 24.3 Å². The highest BCUT2D eigenvalue weighted by Gasteiger charge is 2.15. The lowest BCUT2D eigenvalue weighted by Gasteiger charge is -2.34. The van der Waals surface area contributed by atoms with Crippen molar-refractivity contribution in [3.8, 4) is 28.1 Å². The van der Waals surface area contributed by atoms with Gasteiger partial charge >= 0.3 is 0 Å². The summed E-state index contributed by atoms with van der Waals surface area (Å²) in [6.45, 7) is 5.32. The van der Waals surface area contributed by atoms with Crippen LogP contribution < -0.4 is 15.4 Å². The molecular weight excluding hydrogens is 400 g/mol. The maximum atomic E-state index is 5.58. The van der Waals surface area contributed by atoms with E-state index in [4.69, 9.17) is 15.5 Å². The van der Waals surface area contributed by atoms with Gasteiger partial charge < -0.3 is 25.3 Å². The van der Waals surface area contributed by atoms with E-state index in [1.54, 1.807) is 0 Å². The number of anilines is 1. The Bertz CT molecular complexity index is 1180. The molecule has 2 aromatic heterocycles. The average Bonchev–Trinajstić information content (AvgIpc) is 3.27. The number of aromatic nitrogens is 3. The largest absolute Gasteiger partial charge is 0.492 e. The lowest BCUT2D eigenvalue weighted by atomic mass is 10.1. The van der Waals surface area contributed by atoms with Crippen LogP contribution in [0.5, 0.6) is 5.75 Å². The van der Waals surface area contributed by atoms with Crippen LogP contribution in [0.3, 0.4) is 0 Å². The normalized spacial score (nSPS) is 14.8. The van der Waals surface area contributed by atoms with E-state index >= 15 is 0 Å². The number of H-pyrrole nitrogens is 1. The Hall–Kier alpha value is -3.42. The fourth-order valence-electron chi connectivity index (χ4n) is 4.07. The molecule has 0 radical (unpaired) electrons. The molecular formula is C25H28N6O. The summed E-state index contributed by atoms with van der Waals surface area (Å²) in [5.74, 6) is 0.811. The molecule has 164 valence electrons. The third kappa shape index (κ3) is 4.17. The standard InChI is InChI=1S/C25H28N6O/c1-30-11-13-31(14-12-30)20-6-2-19(3-7-20)23-17-28-25-24(29-23)22(16-27-25)18-4-8-21(9-5-18)32-15-10-26/h2-9,16-17H,10-15,26H2,1H3,(H,27,28). The minimum Gasteiger partial charge on any atom is -0.492 e. The Kier molecular flexibility index (Phi) is 5.75. The highest BCUT2D eigenvalue weighted by Crippen LogP contribution is 2.30. The highest BCUT2D eigenvalue weighted by molar-refractivity contribution is 5.91. The maximum Gasteiger partial charge on any atom is 0.156 e. The third-order valence-electron chi connectivity index (χ3n) is 5.96. The van der Waals surface area contributed by atoms with Crippen molar-refractivity contribution in [2.75, 3.05) is 51.3 Å².